The smallest absolute Gasteiger partial charge is 0.478 e. The summed E-state index contributed by atoms with van der Waals surface area (Å²) in [5, 5.41) is 23.6. The third-order valence-electron chi connectivity index (χ3n) is 9.60. The van der Waals surface area contributed by atoms with E-state index in [1.807, 2.05) is 11.0 Å². The zero-order chi connectivity index (χ0) is 39.9. The molecule has 2 aromatic rings. The number of halogens is 6. The van der Waals surface area contributed by atoms with Crippen LogP contribution in [-0.2, 0) is 24.4 Å². The van der Waals surface area contributed by atoms with Crippen LogP contribution in [0.3, 0.4) is 0 Å². The monoisotopic (exact) mass is 785 g/mol. The summed E-state index contributed by atoms with van der Waals surface area (Å²) in [6, 6.07) is 6.53. The summed E-state index contributed by atoms with van der Waals surface area (Å²) in [7, 11) is -3.20. The minimum absolute atomic E-state index is 0.0113. The van der Waals surface area contributed by atoms with E-state index in [1.165, 1.54) is 6.26 Å². The van der Waals surface area contributed by atoms with Crippen LogP contribution < -0.4 is 5.73 Å². The predicted octanol–water partition coefficient (Wildman–Crippen LogP) is 4.37. The SMILES string of the molecule is CS(=O)(=O)N1CCC([C@H]2C[C@@H](c3ncc(-c4cccc(C(=O)O)c4)[nH]3)N(C(=O)C3CCC(CN)CC3)C2)CC1.O=C(O)C(F)(F)F.O=C(O)C(F)(F)F. The van der Waals surface area contributed by atoms with Crippen molar-refractivity contribution in [2.45, 2.75) is 63.3 Å². The van der Waals surface area contributed by atoms with Crippen LogP contribution in [0.15, 0.2) is 30.5 Å². The molecule has 0 spiro atoms. The molecule has 2 atom stereocenters. The first-order valence-electron chi connectivity index (χ1n) is 16.5. The van der Waals surface area contributed by atoms with Gasteiger partial charge in [-0.05, 0) is 81.4 Å². The van der Waals surface area contributed by atoms with Gasteiger partial charge in [0, 0.05) is 31.1 Å². The topological polar surface area (TPSA) is 224 Å². The molecule has 1 aromatic carbocycles. The van der Waals surface area contributed by atoms with E-state index in [-0.39, 0.29) is 29.3 Å². The standard InChI is InChI=1S/C28H39N5O5S.2C2HF3O2/c1-39(37,38)32-11-9-19(10-12-32)23-14-25(33(17-23)27(34)20-7-5-18(15-29)6-8-20)26-30-16-24(31-26)21-3-2-4-22(13-21)28(35)36;2*3-2(4,5)1(6)7/h2-4,13,16,18-20,23,25H,5-12,14-15,17,29H2,1H3,(H,30,31)(H,35,36);2*(H,6,7)/t18?,20?,23-,25-;;/m0../s1. The number of benzene rings is 1. The van der Waals surface area contributed by atoms with Crippen molar-refractivity contribution in [2.75, 3.05) is 32.4 Å². The van der Waals surface area contributed by atoms with Crippen LogP contribution in [0, 0.1) is 23.7 Å². The number of aliphatic carboxylic acids is 2. The van der Waals surface area contributed by atoms with Gasteiger partial charge in [-0.3, -0.25) is 4.79 Å². The van der Waals surface area contributed by atoms with Gasteiger partial charge in [0.25, 0.3) is 0 Å². The fourth-order valence-corrected chi connectivity index (χ4v) is 7.62. The van der Waals surface area contributed by atoms with Crippen molar-refractivity contribution >= 4 is 33.8 Å². The van der Waals surface area contributed by atoms with Gasteiger partial charge in [-0.15, -0.1) is 0 Å². The average molecular weight is 786 g/mol. The molecule has 53 heavy (non-hydrogen) atoms. The number of nitrogens with two attached hydrogens (primary N) is 1. The average Bonchev–Trinajstić information content (AvgIpc) is 3.76. The van der Waals surface area contributed by atoms with Crippen LogP contribution in [0.25, 0.3) is 11.3 Å². The Bertz CT molecular complexity index is 1680. The second-order valence-corrected chi connectivity index (χ2v) is 15.1. The molecule has 0 bridgehead atoms. The molecule has 296 valence electrons. The minimum atomic E-state index is -5.08. The molecule has 5 rings (SSSR count). The van der Waals surface area contributed by atoms with Crippen LogP contribution in [0.2, 0.25) is 0 Å². The summed E-state index contributed by atoms with van der Waals surface area (Å²) < 4.78 is 89.0. The van der Waals surface area contributed by atoms with Gasteiger partial charge in [-0.25, -0.2) is 32.1 Å². The molecule has 0 radical (unpaired) electrons. The number of carbonyl (C=O) groups is 4. The lowest BCUT2D eigenvalue weighted by molar-refractivity contribution is -0.193. The first-order valence-corrected chi connectivity index (χ1v) is 18.3. The first-order chi connectivity index (χ1) is 24.5. The quantitative estimate of drug-likeness (QED) is 0.248. The Hall–Kier alpha value is -4.24. The Balaban J connectivity index is 0.000000458. The molecule has 6 N–H and O–H groups in total. The van der Waals surface area contributed by atoms with Crippen molar-refractivity contribution in [3.63, 3.8) is 0 Å². The number of likely N-dealkylation sites (tertiary alicyclic amines) is 1. The highest BCUT2D eigenvalue weighted by Gasteiger charge is 2.44. The van der Waals surface area contributed by atoms with Gasteiger partial charge in [0.2, 0.25) is 15.9 Å². The van der Waals surface area contributed by atoms with Crippen LogP contribution in [0.1, 0.15) is 67.2 Å². The first kappa shape index (κ1) is 43.2. The van der Waals surface area contributed by atoms with E-state index in [4.69, 9.17) is 25.5 Å². The van der Waals surface area contributed by atoms with Gasteiger partial charge in [-0.2, -0.15) is 26.3 Å². The fourth-order valence-electron chi connectivity index (χ4n) is 6.74. The number of aromatic carboxylic acids is 1. The summed E-state index contributed by atoms with van der Waals surface area (Å²) in [5.41, 5.74) is 7.53. The van der Waals surface area contributed by atoms with Crippen molar-refractivity contribution < 1.29 is 69.3 Å². The summed E-state index contributed by atoms with van der Waals surface area (Å²) in [5.74, 6) is -4.52. The lowest BCUT2D eigenvalue weighted by Gasteiger charge is -2.34. The Kier molecular flexibility index (Phi) is 14.4. The highest BCUT2D eigenvalue weighted by molar-refractivity contribution is 7.88. The van der Waals surface area contributed by atoms with Gasteiger partial charge in [-0.1, -0.05) is 12.1 Å². The molecule has 3 aliphatic rings. The van der Waals surface area contributed by atoms with E-state index < -0.39 is 40.3 Å². The predicted molar refractivity (Wildman–Crippen MR) is 175 cm³/mol. The third kappa shape index (κ3) is 12.1. The Morgan fingerprint density at radius 1 is 0.906 bits per heavy atom. The van der Waals surface area contributed by atoms with Gasteiger partial charge < -0.3 is 30.9 Å². The second-order valence-electron chi connectivity index (χ2n) is 13.1. The van der Waals surface area contributed by atoms with E-state index >= 15 is 0 Å². The molecule has 2 saturated heterocycles. The number of carbonyl (C=O) groups excluding carboxylic acids is 1. The maximum absolute atomic E-state index is 13.9. The number of hydrogen-bond donors (Lipinski definition) is 5. The van der Waals surface area contributed by atoms with Crippen LogP contribution in [0.4, 0.5) is 26.3 Å². The van der Waals surface area contributed by atoms with Crippen molar-refractivity contribution in [1.29, 1.82) is 0 Å². The summed E-state index contributed by atoms with van der Waals surface area (Å²) in [6.45, 7) is 2.35. The molecule has 21 heteroatoms. The molecule has 3 heterocycles. The number of nitrogens with zero attached hydrogens (tertiary/aromatic N) is 3. The highest BCUT2D eigenvalue weighted by Crippen LogP contribution is 2.43. The number of H-pyrrole nitrogens is 1. The fraction of sp³-hybridized carbons (Fsp3) is 0.594. The van der Waals surface area contributed by atoms with Crippen LogP contribution in [0.5, 0.6) is 0 Å². The van der Waals surface area contributed by atoms with Crippen molar-refractivity contribution in [2.24, 2.45) is 29.4 Å². The third-order valence-corrected chi connectivity index (χ3v) is 10.9. The number of imidazole rings is 1. The molecule has 2 aliphatic heterocycles. The van der Waals surface area contributed by atoms with E-state index in [0.29, 0.717) is 49.5 Å². The molecular formula is C32H41F6N5O9S. The van der Waals surface area contributed by atoms with E-state index in [2.05, 4.69) is 9.97 Å². The van der Waals surface area contributed by atoms with Gasteiger partial charge in [0.05, 0.1) is 29.8 Å². The van der Waals surface area contributed by atoms with Gasteiger partial charge in [0.1, 0.15) is 5.82 Å². The number of hydrogen-bond acceptors (Lipinski definition) is 8. The summed E-state index contributed by atoms with van der Waals surface area (Å²) in [4.78, 5) is 53.2. The molecule has 1 amide bonds. The Morgan fingerprint density at radius 3 is 1.92 bits per heavy atom. The number of amides is 1. The summed E-state index contributed by atoms with van der Waals surface area (Å²) >= 11 is 0. The number of aromatic nitrogens is 2. The van der Waals surface area contributed by atoms with E-state index in [0.717, 1.165) is 50.5 Å². The second kappa shape index (κ2) is 17.7. The van der Waals surface area contributed by atoms with Gasteiger partial charge in [0.15, 0.2) is 0 Å². The van der Waals surface area contributed by atoms with Crippen molar-refractivity contribution in [1.82, 2.24) is 19.2 Å². The molecule has 1 aliphatic carbocycles. The molecule has 0 unspecified atom stereocenters. The largest absolute Gasteiger partial charge is 0.490 e. The zero-order valence-electron chi connectivity index (χ0n) is 28.4. The number of sulfonamides is 1. The Morgan fingerprint density at radius 2 is 1.45 bits per heavy atom. The van der Waals surface area contributed by atoms with Crippen molar-refractivity contribution in [3.05, 3.63) is 41.9 Å². The minimum Gasteiger partial charge on any atom is -0.478 e. The maximum atomic E-state index is 13.9. The normalized spacial score (nSPS) is 22.9. The van der Waals surface area contributed by atoms with Gasteiger partial charge >= 0.3 is 30.3 Å². The lowest BCUT2D eigenvalue weighted by Crippen LogP contribution is -2.41. The van der Waals surface area contributed by atoms with E-state index in [9.17, 15) is 49.5 Å². The highest BCUT2D eigenvalue weighted by atomic mass is 32.2. The molecule has 1 saturated carbocycles. The Labute approximate surface area is 300 Å². The van der Waals surface area contributed by atoms with Crippen LogP contribution in [-0.4, -0.2) is 112 Å². The number of aromatic amines is 1. The maximum Gasteiger partial charge on any atom is 0.490 e. The number of rotatable bonds is 7. The number of alkyl halides is 6. The number of piperidine rings is 1. The van der Waals surface area contributed by atoms with Crippen LogP contribution >= 0.6 is 0 Å². The molecular weight excluding hydrogens is 744 g/mol. The number of nitrogens with one attached hydrogen (secondary N) is 1. The number of carboxylic acids is 3. The summed E-state index contributed by atoms with van der Waals surface area (Å²) in [6.07, 6.45) is -1.18. The number of carboxylic acid groups (broad SMARTS) is 3. The molecule has 14 nitrogen and oxygen atoms in total. The lowest BCUT2D eigenvalue weighted by atomic mass is 9.81. The van der Waals surface area contributed by atoms with E-state index in [1.54, 1.807) is 28.7 Å². The molecule has 3 fully saturated rings. The van der Waals surface area contributed by atoms with Crippen molar-refractivity contribution in [3.8, 4) is 11.3 Å². The zero-order valence-corrected chi connectivity index (χ0v) is 29.3. The molecule has 1 aromatic heterocycles.